The highest BCUT2D eigenvalue weighted by atomic mass is 127. The van der Waals surface area contributed by atoms with Gasteiger partial charge in [-0.1, -0.05) is 42.2 Å². The lowest BCUT2D eigenvalue weighted by atomic mass is 10.2. The van der Waals surface area contributed by atoms with Crippen LogP contribution in [0.15, 0.2) is 59.9 Å². The first kappa shape index (κ1) is 16.3. The molecule has 6 heteroatoms. The van der Waals surface area contributed by atoms with Gasteiger partial charge >= 0.3 is 0 Å². The van der Waals surface area contributed by atoms with Crippen molar-refractivity contribution in [3.8, 4) is 5.75 Å². The van der Waals surface area contributed by atoms with Crippen LogP contribution in [-0.4, -0.2) is 16.0 Å². The highest BCUT2D eigenvalue weighted by molar-refractivity contribution is 14.1. The maximum Gasteiger partial charge on any atom is 0.274 e. The number of para-hydroxylation sites is 2. The number of imidazole rings is 1. The fraction of sp³-hybridized carbons (Fsp3) is 0.0526. The van der Waals surface area contributed by atoms with Crippen molar-refractivity contribution in [1.82, 2.24) is 9.38 Å². The van der Waals surface area contributed by atoms with Crippen molar-refractivity contribution in [2.75, 3.05) is 6.61 Å². The molecule has 4 rings (SSSR count). The van der Waals surface area contributed by atoms with Crippen molar-refractivity contribution in [3.63, 3.8) is 0 Å². The standard InChI is InChI=1S/C19H13IN2O2S/c1-2-9-24-16-8-7-12(10-13(16)20)11-17-18(23)22-15-6-4-3-5-14(15)21-19(22)25-17/h2-8,10-11H,1,9H2/b17-11-. The first-order chi connectivity index (χ1) is 12.2. The molecule has 4 aromatic rings. The minimum atomic E-state index is -0.0318. The fourth-order valence-electron chi connectivity index (χ4n) is 2.64. The molecule has 0 spiro atoms. The molecule has 0 aliphatic heterocycles. The Balaban J connectivity index is 1.81. The van der Waals surface area contributed by atoms with Gasteiger partial charge in [-0.2, -0.15) is 0 Å². The number of nitrogens with zero attached hydrogens (tertiary/aromatic N) is 2. The predicted octanol–water partition coefficient (Wildman–Crippen LogP) is 3.63. The largest absolute Gasteiger partial charge is 0.488 e. The van der Waals surface area contributed by atoms with Gasteiger partial charge in [-0.05, 0) is 58.5 Å². The number of thiazole rings is 1. The van der Waals surface area contributed by atoms with Gasteiger partial charge in [0.2, 0.25) is 0 Å². The summed E-state index contributed by atoms with van der Waals surface area (Å²) in [4.78, 5) is 18.0. The highest BCUT2D eigenvalue weighted by Crippen LogP contribution is 2.22. The average Bonchev–Trinajstić information content (AvgIpc) is 3.11. The third-order valence-electron chi connectivity index (χ3n) is 3.76. The molecule has 2 aromatic heterocycles. The van der Waals surface area contributed by atoms with E-state index in [1.807, 2.05) is 48.5 Å². The second-order valence-corrected chi connectivity index (χ2v) is 7.60. The van der Waals surface area contributed by atoms with Crippen molar-refractivity contribution in [2.24, 2.45) is 0 Å². The molecule has 0 radical (unpaired) electrons. The second-order valence-electron chi connectivity index (χ2n) is 5.42. The van der Waals surface area contributed by atoms with Gasteiger partial charge in [0, 0.05) is 0 Å². The number of hydrogen-bond acceptors (Lipinski definition) is 4. The lowest BCUT2D eigenvalue weighted by Crippen LogP contribution is -2.22. The van der Waals surface area contributed by atoms with Crippen LogP contribution in [0, 0.1) is 3.57 Å². The third kappa shape index (κ3) is 2.96. The molecule has 0 aliphatic rings. The third-order valence-corrected chi connectivity index (χ3v) is 5.57. The Morgan fingerprint density at radius 1 is 1.28 bits per heavy atom. The number of aromatic nitrogens is 2. The molecule has 25 heavy (non-hydrogen) atoms. The molecule has 0 aliphatic carbocycles. The molecule has 0 atom stereocenters. The average molecular weight is 460 g/mol. The molecule has 4 nitrogen and oxygen atoms in total. The van der Waals surface area contributed by atoms with Gasteiger partial charge in [0.1, 0.15) is 12.4 Å². The first-order valence-electron chi connectivity index (χ1n) is 7.62. The van der Waals surface area contributed by atoms with E-state index in [4.69, 9.17) is 4.74 Å². The summed E-state index contributed by atoms with van der Waals surface area (Å²) in [7, 11) is 0. The molecule has 0 fully saturated rings. The molecular formula is C19H13IN2O2S. The monoisotopic (exact) mass is 460 g/mol. The molecule has 0 saturated carbocycles. The van der Waals surface area contributed by atoms with Crippen molar-refractivity contribution in [2.45, 2.75) is 0 Å². The molecule has 0 amide bonds. The summed E-state index contributed by atoms with van der Waals surface area (Å²) >= 11 is 3.64. The summed E-state index contributed by atoms with van der Waals surface area (Å²) in [5.74, 6) is 0.812. The van der Waals surface area contributed by atoms with Crippen molar-refractivity contribution < 1.29 is 4.74 Å². The van der Waals surface area contributed by atoms with E-state index in [1.165, 1.54) is 11.3 Å². The Hall–Kier alpha value is -2.19. The van der Waals surface area contributed by atoms with Crippen LogP contribution in [-0.2, 0) is 0 Å². The zero-order valence-corrected chi connectivity index (χ0v) is 16.1. The van der Waals surface area contributed by atoms with Crippen LogP contribution in [0.5, 0.6) is 5.75 Å². The van der Waals surface area contributed by atoms with Crippen molar-refractivity contribution >= 4 is 56.0 Å². The summed E-state index contributed by atoms with van der Waals surface area (Å²) in [5.41, 5.74) is 2.62. The molecular weight excluding hydrogens is 447 g/mol. The predicted molar refractivity (Wildman–Crippen MR) is 110 cm³/mol. The zero-order valence-electron chi connectivity index (χ0n) is 13.1. The summed E-state index contributed by atoms with van der Waals surface area (Å²) in [5, 5.41) is 0. The highest BCUT2D eigenvalue weighted by Gasteiger charge is 2.10. The van der Waals surface area contributed by atoms with Crippen LogP contribution in [0.4, 0.5) is 0 Å². The number of hydrogen-bond donors (Lipinski definition) is 0. The Labute approximate surface area is 161 Å². The summed E-state index contributed by atoms with van der Waals surface area (Å²) < 4.78 is 8.93. The van der Waals surface area contributed by atoms with Crippen LogP contribution in [0.25, 0.3) is 22.1 Å². The number of benzene rings is 2. The SMILES string of the molecule is C=CCOc1ccc(/C=c2\sc3nc4ccccc4n3c2=O)cc1I. The van der Waals surface area contributed by atoms with Crippen molar-refractivity contribution in [3.05, 3.63) is 79.1 Å². The lowest BCUT2D eigenvalue weighted by molar-refractivity contribution is 0.360. The number of rotatable bonds is 4. The van der Waals surface area contributed by atoms with E-state index in [9.17, 15) is 4.79 Å². The Morgan fingerprint density at radius 3 is 2.92 bits per heavy atom. The first-order valence-corrected chi connectivity index (χ1v) is 9.52. The molecule has 124 valence electrons. The molecule has 0 saturated heterocycles. The van der Waals surface area contributed by atoms with Crippen LogP contribution in [0.3, 0.4) is 0 Å². The summed E-state index contributed by atoms with van der Waals surface area (Å²) in [6.45, 7) is 4.12. The molecule has 0 N–H and O–H groups in total. The van der Waals surface area contributed by atoms with Crippen LogP contribution in [0.1, 0.15) is 5.56 Å². The number of ether oxygens (including phenoxy) is 1. The quantitative estimate of drug-likeness (QED) is 0.345. The van der Waals surface area contributed by atoms with E-state index in [0.717, 1.165) is 30.9 Å². The van der Waals surface area contributed by atoms with Gasteiger partial charge in [0.25, 0.3) is 5.56 Å². The fourth-order valence-corrected chi connectivity index (χ4v) is 4.32. The number of fused-ring (bicyclic) bond motifs is 3. The normalized spacial score (nSPS) is 12.1. The summed E-state index contributed by atoms with van der Waals surface area (Å²) in [6.07, 6.45) is 3.61. The minimum absolute atomic E-state index is 0.0318. The van der Waals surface area contributed by atoms with E-state index in [1.54, 1.807) is 10.5 Å². The lowest BCUT2D eigenvalue weighted by Gasteiger charge is -2.06. The topological polar surface area (TPSA) is 43.6 Å². The van der Waals surface area contributed by atoms with Gasteiger partial charge in [-0.25, -0.2) is 9.38 Å². The van der Waals surface area contributed by atoms with Gasteiger partial charge in [0.15, 0.2) is 4.96 Å². The van der Waals surface area contributed by atoms with E-state index in [0.29, 0.717) is 11.1 Å². The Bertz CT molecular complexity index is 1210. The van der Waals surface area contributed by atoms with E-state index in [2.05, 4.69) is 34.2 Å². The smallest absolute Gasteiger partial charge is 0.274 e. The minimum Gasteiger partial charge on any atom is -0.488 e. The summed E-state index contributed by atoms with van der Waals surface area (Å²) in [6, 6.07) is 13.5. The van der Waals surface area contributed by atoms with E-state index >= 15 is 0 Å². The zero-order chi connectivity index (χ0) is 17.4. The van der Waals surface area contributed by atoms with Gasteiger partial charge in [-0.15, -0.1) is 0 Å². The Morgan fingerprint density at radius 2 is 2.12 bits per heavy atom. The second kappa shape index (κ2) is 6.61. The van der Waals surface area contributed by atoms with Gasteiger partial charge in [-0.3, -0.25) is 4.79 Å². The van der Waals surface area contributed by atoms with E-state index in [-0.39, 0.29) is 5.56 Å². The molecule has 0 bridgehead atoms. The molecule has 2 heterocycles. The maximum atomic E-state index is 12.8. The van der Waals surface area contributed by atoms with Crippen LogP contribution >= 0.6 is 33.9 Å². The maximum absolute atomic E-state index is 12.8. The van der Waals surface area contributed by atoms with Crippen LogP contribution < -0.4 is 14.8 Å². The van der Waals surface area contributed by atoms with Crippen LogP contribution in [0.2, 0.25) is 0 Å². The molecule has 0 unspecified atom stereocenters. The van der Waals surface area contributed by atoms with Gasteiger partial charge < -0.3 is 4.74 Å². The number of halogens is 1. The molecule has 2 aromatic carbocycles. The van der Waals surface area contributed by atoms with E-state index < -0.39 is 0 Å². The Kier molecular flexibility index (Phi) is 4.30. The van der Waals surface area contributed by atoms with Gasteiger partial charge in [0.05, 0.1) is 19.1 Å². The van der Waals surface area contributed by atoms with Crippen molar-refractivity contribution in [1.29, 1.82) is 0 Å².